The summed E-state index contributed by atoms with van der Waals surface area (Å²) >= 11 is 1.46. The molecule has 4 nitrogen and oxygen atoms in total. The predicted octanol–water partition coefficient (Wildman–Crippen LogP) is 3.70. The molecule has 0 aliphatic carbocycles. The van der Waals surface area contributed by atoms with Crippen LogP contribution in [0.2, 0.25) is 0 Å². The van der Waals surface area contributed by atoms with Gasteiger partial charge in [-0.15, -0.1) is 0 Å². The average Bonchev–Trinajstić information content (AvgIpc) is 2.57. The van der Waals surface area contributed by atoms with Gasteiger partial charge in [0, 0.05) is 23.7 Å². The lowest BCUT2D eigenvalue weighted by molar-refractivity contribution is -0.129. The first kappa shape index (κ1) is 17.8. The highest BCUT2D eigenvalue weighted by molar-refractivity contribution is 8.02. The van der Waals surface area contributed by atoms with Crippen LogP contribution in [0.1, 0.15) is 5.56 Å². The van der Waals surface area contributed by atoms with Crippen LogP contribution in [-0.2, 0) is 9.59 Å². The Morgan fingerprint density at radius 1 is 1.08 bits per heavy atom. The summed E-state index contributed by atoms with van der Waals surface area (Å²) in [6.07, 6.45) is 1.47. The molecule has 0 heterocycles. The van der Waals surface area contributed by atoms with E-state index in [-0.39, 0.29) is 18.4 Å². The Morgan fingerprint density at radius 3 is 2.42 bits per heavy atom. The van der Waals surface area contributed by atoms with Crippen molar-refractivity contribution in [2.24, 2.45) is 0 Å². The molecule has 0 fully saturated rings. The number of thioether (sulfide) groups is 1. The number of hydrogen-bond acceptors (Lipinski definition) is 3. The molecule has 0 spiro atoms. The summed E-state index contributed by atoms with van der Waals surface area (Å²) in [5.74, 6) is -0.434. The van der Waals surface area contributed by atoms with Gasteiger partial charge in [0.05, 0.1) is 6.54 Å². The summed E-state index contributed by atoms with van der Waals surface area (Å²) in [4.78, 5) is 26.4. The molecule has 124 valence electrons. The van der Waals surface area contributed by atoms with E-state index in [1.165, 1.54) is 22.7 Å². The average molecular weight is 340 g/mol. The Labute approximate surface area is 146 Å². The van der Waals surface area contributed by atoms with Gasteiger partial charge >= 0.3 is 0 Å². The summed E-state index contributed by atoms with van der Waals surface area (Å²) in [5, 5.41) is 4.50. The minimum Gasteiger partial charge on any atom is -0.333 e. The van der Waals surface area contributed by atoms with E-state index >= 15 is 0 Å². The Hall–Kier alpha value is -2.53. The fourth-order valence-corrected chi connectivity index (χ4v) is 2.58. The van der Waals surface area contributed by atoms with Gasteiger partial charge in [-0.3, -0.25) is 9.59 Å². The molecule has 2 amide bonds. The van der Waals surface area contributed by atoms with Crippen LogP contribution in [0.3, 0.4) is 0 Å². The number of nitrogens with one attached hydrogen (secondary N) is 1. The van der Waals surface area contributed by atoms with Crippen molar-refractivity contribution >= 4 is 29.3 Å². The fourth-order valence-electron chi connectivity index (χ4n) is 1.93. The molecular formula is C19H20N2O2S. The van der Waals surface area contributed by atoms with E-state index in [0.29, 0.717) is 0 Å². The molecular weight excluding hydrogens is 320 g/mol. The minimum atomic E-state index is -0.223. The van der Waals surface area contributed by atoms with E-state index in [9.17, 15) is 9.59 Å². The van der Waals surface area contributed by atoms with Crippen LogP contribution >= 0.6 is 11.8 Å². The van der Waals surface area contributed by atoms with Gasteiger partial charge in [0.1, 0.15) is 0 Å². The van der Waals surface area contributed by atoms with Crippen molar-refractivity contribution in [1.29, 1.82) is 0 Å². The van der Waals surface area contributed by atoms with Crippen molar-refractivity contribution in [1.82, 2.24) is 4.90 Å². The van der Waals surface area contributed by atoms with Crippen molar-refractivity contribution in [2.45, 2.75) is 11.8 Å². The second-order valence-electron chi connectivity index (χ2n) is 5.34. The fraction of sp³-hybridized carbons (Fsp3) is 0.158. The number of likely N-dealkylation sites (N-methyl/N-ethyl adjacent to an activating group) is 1. The second kappa shape index (κ2) is 8.93. The van der Waals surface area contributed by atoms with E-state index in [1.807, 2.05) is 61.5 Å². The van der Waals surface area contributed by atoms with Gasteiger partial charge in [-0.2, -0.15) is 0 Å². The van der Waals surface area contributed by atoms with Crippen LogP contribution in [0.25, 0.3) is 0 Å². The maximum Gasteiger partial charge on any atom is 0.247 e. The number of carbonyl (C=O) groups excluding carboxylic acids is 2. The van der Waals surface area contributed by atoms with Crippen LogP contribution in [0, 0.1) is 6.92 Å². The van der Waals surface area contributed by atoms with Gasteiger partial charge in [-0.25, -0.2) is 0 Å². The van der Waals surface area contributed by atoms with Gasteiger partial charge < -0.3 is 10.2 Å². The summed E-state index contributed by atoms with van der Waals surface area (Å²) < 4.78 is 0. The van der Waals surface area contributed by atoms with Crippen LogP contribution in [0.15, 0.2) is 71.0 Å². The summed E-state index contributed by atoms with van der Waals surface area (Å²) in [5.41, 5.74) is 1.85. The molecule has 0 saturated carbocycles. The quantitative estimate of drug-likeness (QED) is 0.644. The van der Waals surface area contributed by atoms with E-state index in [2.05, 4.69) is 5.32 Å². The van der Waals surface area contributed by atoms with Gasteiger partial charge in [-0.1, -0.05) is 47.7 Å². The van der Waals surface area contributed by atoms with Crippen molar-refractivity contribution in [3.05, 3.63) is 71.6 Å². The normalized spacial score (nSPS) is 10.6. The van der Waals surface area contributed by atoms with Crippen molar-refractivity contribution in [2.75, 3.05) is 18.9 Å². The highest BCUT2D eigenvalue weighted by Gasteiger charge is 2.10. The lowest BCUT2D eigenvalue weighted by Gasteiger charge is -2.14. The maximum atomic E-state index is 12.0. The first-order valence-corrected chi connectivity index (χ1v) is 8.42. The predicted molar refractivity (Wildman–Crippen MR) is 98.9 cm³/mol. The highest BCUT2D eigenvalue weighted by Crippen LogP contribution is 2.17. The summed E-state index contributed by atoms with van der Waals surface area (Å²) in [6, 6.07) is 17.3. The van der Waals surface area contributed by atoms with Crippen LogP contribution in [0.4, 0.5) is 5.69 Å². The molecule has 0 unspecified atom stereocenters. The van der Waals surface area contributed by atoms with E-state index in [0.717, 1.165) is 16.1 Å². The molecule has 0 aliphatic rings. The third-order valence-corrected chi connectivity index (χ3v) is 4.07. The molecule has 2 rings (SSSR count). The molecule has 2 aromatic carbocycles. The van der Waals surface area contributed by atoms with Gasteiger partial charge in [0.2, 0.25) is 11.8 Å². The Morgan fingerprint density at radius 2 is 1.75 bits per heavy atom. The standard InChI is InChI=1S/C19H20N2O2S/c1-15-8-10-16(11-9-15)20-18(22)14-21(2)19(23)12-13-24-17-6-4-3-5-7-17/h3-13H,14H2,1-2H3,(H,20,22)/b13-12+. The van der Waals surface area contributed by atoms with Gasteiger partial charge in [0.25, 0.3) is 0 Å². The summed E-state index contributed by atoms with van der Waals surface area (Å²) in [7, 11) is 1.61. The molecule has 2 aromatic rings. The van der Waals surface area contributed by atoms with E-state index < -0.39 is 0 Å². The van der Waals surface area contributed by atoms with Crippen LogP contribution in [-0.4, -0.2) is 30.3 Å². The summed E-state index contributed by atoms with van der Waals surface area (Å²) in [6.45, 7) is 1.99. The number of nitrogens with zero attached hydrogens (tertiary/aromatic N) is 1. The third-order valence-electron chi connectivity index (χ3n) is 3.25. The Bertz CT molecular complexity index is 712. The smallest absolute Gasteiger partial charge is 0.247 e. The minimum absolute atomic E-state index is 0.00700. The van der Waals surface area contributed by atoms with Gasteiger partial charge in [0.15, 0.2) is 0 Å². The Kier molecular flexibility index (Phi) is 6.63. The molecule has 0 radical (unpaired) electrons. The zero-order valence-corrected chi connectivity index (χ0v) is 14.5. The highest BCUT2D eigenvalue weighted by atomic mass is 32.2. The third kappa shape index (κ3) is 5.93. The zero-order valence-electron chi connectivity index (χ0n) is 13.7. The van der Waals surface area contributed by atoms with Crippen molar-refractivity contribution in [3.8, 4) is 0 Å². The van der Waals surface area contributed by atoms with Crippen LogP contribution < -0.4 is 5.32 Å². The van der Waals surface area contributed by atoms with Crippen LogP contribution in [0.5, 0.6) is 0 Å². The number of rotatable bonds is 6. The maximum absolute atomic E-state index is 12.0. The van der Waals surface area contributed by atoms with E-state index in [1.54, 1.807) is 12.5 Å². The second-order valence-corrected chi connectivity index (χ2v) is 6.32. The molecule has 24 heavy (non-hydrogen) atoms. The zero-order chi connectivity index (χ0) is 17.4. The van der Waals surface area contributed by atoms with E-state index in [4.69, 9.17) is 0 Å². The first-order valence-electron chi connectivity index (χ1n) is 7.54. The van der Waals surface area contributed by atoms with Gasteiger partial charge in [-0.05, 0) is 36.6 Å². The number of hydrogen-bond donors (Lipinski definition) is 1. The number of carbonyl (C=O) groups is 2. The molecule has 0 saturated heterocycles. The lowest BCUT2D eigenvalue weighted by atomic mass is 10.2. The number of anilines is 1. The molecule has 1 N–H and O–H groups in total. The van der Waals surface area contributed by atoms with Crippen molar-refractivity contribution < 1.29 is 9.59 Å². The Balaban J connectivity index is 1.80. The number of benzene rings is 2. The SMILES string of the molecule is Cc1ccc(NC(=O)CN(C)C(=O)/C=C/Sc2ccccc2)cc1. The molecule has 0 aromatic heterocycles. The topological polar surface area (TPSA) is 49.4 Å². The molecule has 0 atom stereocenters. The first-order chi connectivity index (χ1) is 11.5. The molecule has 0 bridgehead atoms. The monoisotopic (exact) mass is 340 g/mol. The molecule has 0 aliphatic heterocycles. The van der Waals surface area contributed by atoms with Crippen molar-refractivity contribution in [3.63, 3.8) is 0 Å². The lowest BCUT2D eigenvalue weighted by Crippen LogP contribution is -2.33. The largest absolute Gasteiger partial charge is 0.333 e. The number of aryl methyl sites for hydroxylation is 1. The molecule has 5 heteroatoms. The number of amides is 2.